The lowest BCUT2D eigenvalue weighted by atomic mass is 9.93. The van der Waals surface area contributed by atoms with Crippen molar-refractivity contribution in [2.24, 2.45) is 0 Å². The second kappa shape index (κ2) is 14.2. The first-order chi connectivity index (χ1) is 17.6. The molecule has 198 valence electrons. The van der Waals surface area contributed by atoms with E-state index in [0.717, 1.165) is 40.1 Å². The van der Waals surface area contributed by atoms with Crippen molar-refractivity contribution in [3.8, 4) is 17.2 Å². The standard InChI is InChI=1S/C20H23NO5.C8H9BrO2/c1-12-17(19(22)23)16(18(20(24)25)13(2)21-12)7-5-4-6-14-8-10-15(26-3)11-9-14;1-10-7-4-3-6(9)5-8(7)11-2/h8-11H,4-7H2,1-3H3,(H,22,23)(H,24,25);3-5H,1-2H3. The van der Waals surface area contributed by atoms with Crippen LogP contribution in [0.15, 0.2) is 46.9 Å². The molecule has 37 heavy (non-hydrogen) atoms. The number of carboxylic acid groups (broad SMARTS) is 2. The number of unbranched alkanes of at least 4 members (excludes halogenated alkanes) is 1. The number of halogens is 1. The van der Waals surface area contributed by atoms with Gasteiger partial charge in [-0.15, -0.1) is 0 Å². The lowest BCUT2D eigenvalue weighted by Gasteiger charge is -2.14. The number of aryl methyl sites for hydroxylation is 3. The summed E-state index contributed by atoms with van der Waals surface area (Å²) in [6.07, 6.45) is 2.74. The molecule has 1 aromatic heterocycles. The maximum Gasteiger partial charge on any atom is 0.337 e. The molecule has 2 aromatic carbocycles. The fourth-order valence-corrected chi connectivity index (χ4v) is 4.32. The molecule has 0 saturated carbocycles. The Bertz CT molecular complexity index is 1190. The highest BCUT2D eigenvalue weighted by atomic mass is 79.9. The summed E-state index contributed by atoms with van der Waals surface area (Å²) in [7, 11) is 4.85. The Kier molecular flexibility index (Phi) is 11.4. The van der Waals surface area contributed by atoms with E-state index in [4.69, 9.17) is 14.2 Å². The van der Waals surface area contributed by atoms with E-state index in [2.05, 4.69) is 20.9 Å². The first kappa shape index (κ1) is 29.6. The summed E-state index contributed by atoms with van der Waals surface area (Å²) >= 11 is 3.33. The number of hydrogen-bond acceptors (Lipinski definition) is 6. The summed E-state index contributed by atoms with van der Waals surface area (Å²) in [6.45, 7) is 3.20. The van der Waals surface area contributed by atoms with Crippen LogP contribution in [0.25, 0.3) is 0 Å². The third kappa shape index (κ3) is 8.21. The Hall–Kier alpha value is -3.59. The Balaban J connectivity index is 0.000000364. The molecule has 3 rings (SSSR count). The monoisotopic (exact) mass is 573 g/mol. The van der Waals surface area contributed by atoms with E-state index < -0.39 is 11.9 Å². The fourth-order valence-electron chi connectivity index (χ4n) is 3.98. The minimum Gasteiger partial charge on any atom is -0.497 e. The number of hydrogen-bond donors (Lipinski definition) is 2. The molecule has 2 N–H and O–H groups in total. The summed E-state index contributed by atoms with van der Waals surface area (Å²) in [6, 6.07) is 13.4. The molecule has 0 radical (unpaired) electrons. The number of methoxy groups -OCH3 is 3. The van der Waals surface area contributed by atoms with Crippen LogP contribution >= 0.6 is 15.9 Å². The van der Waals surface area contributed by atoms with Gasteiger partial charge in [0.15, 0.2) is 11.5 Å². The zero-order chi connectivity index (χ0) is 27.5. The first-order valence-electron chi connectivity index (χ1n) is 11.6. The van der Waals surface area contributed by atoms with Gasteiger partial charge in [-0.2, -0.15) is 0 Å². The van der Waals surface area contributed by atoms with Crippen molar-refractivity contribution in [1.82, 2.24) is 4.98 Å². The number of aromatic nitrogens is 1. The number of rotatable bonds is 10. The van der Waals surface area contributed by atoms with E-state index in [1.807, 2.05) is 42.5 Å². The zero-order valence-electron chi connectivity index (χ0n) is 21.6. The van der Waals surface area contributed by atoms with Gasteiger partial charge < -0.3 is 24.4 Å². The van der Waals surface area contributed by atoms with E-state index in [1.54, 1.807) is 35.2 Å². The van der Waals surface area contributed by atoms with Gasteiger partial charge in [-0.3, -0.25) is 4.98 Å². The predicted molar refractivity (Wildman–Crippen MR) is 145 cm³/mol. The van der Waals surface area contributed by atoms with Crippen LogP contribution in [-0.2, 0) is 12.8 Å². The number of benzene rings is 2. The largest absolute Gasteiger partial charge is 0.497 e. The van der Waals surface area contributed by atoms with E-state index in [0.29, 0.717) is 29.8 Å². The van der Waals surface area contributed by atoms with E-state index in [1.165, 1.54) is 0 Å². The maximum atomic E-state index is 11.6. The smallest absolute Gasteiger partial charge is 0.337 e. The fraction of sp³-hybridized carbons (Fsp3) is 0.321. The van der Waals surface area contributed by atoms with Crippen molar-refractivity contribution in [2.45, 2.75) is 39.5 Å². The molecule has 0 spiro atoms. The summed E-state index contributed by atoms with van der Waals surface area (Å²) in [5.74, 6) is 0.0107. The molecule has 0 saturated heterocycles. The van der Waals surface area contributed by atoms with E-state index in [9.17, 15) is 19.8 Å². The minimum absolute atomic E-state index is 0.0115. The Morgan fingerprint density at radius 1 is 0.784 bits per heavy atom. The van der Waals surface area contributed by atoms with Gasteiger partial charge in [0.2, 0.25) is 0 Å². The number of aromatic carboxylic acids is 2. The van der Waals surface area contributed by atoms with Crippen molar-refractivity contribution in [1.29, 1.82) is 0 Å². The topological polar surface area (TPSA) is 115 Å². The third-order valence-corrected chi connectivity index (χ3v) is 6.23. The molecular weight excluding hydrogens is 542 g/mol. The second-order valence-electron chi connectivity index (χ2n) is 8.18. The van der Waals surface area contributed by atoms with Gasteiger partial charge in [0.05, 0.1) is 43.8 Å². The van der Waals surface area contributed by atoms with Crippen LogP contribution in [0.5, 0.6) is 17.2 Å². The zero-order valence-corrected chi connectivity index (χ0v) is 23.2. The van der Waals surface area contributed by atoms with Crippen molar-refractivity contribution in [3.05, 3.63) is 80.6 Å². The Morgan fingerprint density at radius 3 is 1.81 bits per heavy atom. The van der Waals surface area contributed by atoms with Gasteiger partial charge >= 0.3 is 11.9 Å². The van der Waals surface area contributed by atoms with Crippen LogP contribution in [0.4, 0.5) is 0 Å². The molecule has 0 aliphatic rings. The highest BCUT2D eigenvalue weighted by molar-refractivity contribution is 9.10. The Labute approximate surface area is 225 Å². The van der Waals surface area contributed by atoms with Gasteiger partial charge in [0.1, 0.15) is 5.75 Å². The highest BCUT2D eigenvalue weighted by Crippen LogP contribution is 2.29. The van der Waals surface area contributed by atoms with Gasteiger partial charge in [0, 0.05) is 4.47 Å². The molecule has 0 unspecified atom stereocenters. The molecule has 9 heteroatoms. The van der Waals surface area contributed by atoms with Gasteiger partial charge in [0.25, 0.3) is 0 Å². The third-order valence-electron chi connectivity index (χ3n) is 5.74. The quantitative estimate of drug-likeness (QED) is 0.278. The maximum absolute atomic E-state index is 11.6. The number of carbonyl (C=O) groups is 2. The van der Waals surface area contributed by atoms with Crippen molar-refractivity contribution in [3.63, 3.8) is 0 Å². The molecule has 0 aliphatic carbocycles. The molecule has 0 amide bonds. The number of pyridine rings is 1. The van der Waals surface area contributed by atoms with Crippen molar-refractivity contribution >= 4 is 27.9 Å². The molecule has 0 aliphatic heterocycles. The molecule has 8 nitrogen and oxygen atoms in total. The molecule has 0 fully saturated rings. The summed E-state index contributed by atoms with van der Waals surface area (Å²) in [5.41, 5.74) is 2.25. The molecule has 0 atom stereocenters. The van der Waals surface area contributed by atoms with E-state index >= 15 is 0 Å². The molecule has 1 heterocycles. The lowest BCUT2D eigenvalue weighted by molar-refractivity contribution is 0.0693. The molecular formula is C28H32BrNO7. The number of ether oxygens (including phenoxy) is 3. The summed E-state index contributed by atoms with van der Waals surface area (Å²) < 4.78 is 16.2. The van der Waals surface area contributed by atoms with E-state index in [-0.39, 0.29) is 11.1 Å². The van der Waals surface area contributed by atoms with Gasteiger partial charge in [-0.25, -0.2) is 9.59 Å². The lowest BCUT2D eigenvalue weighted by Crippen LogP contribution is -2.16. The SMILES string of the molecule is COc1ccc(Br)cc1OC.COc1ccc(CCCCc2c(C(=O)O)c(C)nc(C)c2C(=O)O)cc1. The Morgan fingerprint density at radius 2 is 1.32 bits per heavy atom. The average Bonchev–Trinajstić information content (AvgIpc) is 2.86. The van der Waals surface area contributed by atoms with Crippen LogP contribution in [0, 0.1) is 13.8 Å². The van der Waals surface area contributed by atoms with Crippen LogP contribution in [0.3, 0.4) is 0 Å². The number of carboxylic acids is 2. The number of nitrogens with zero attached hydrogens (tertiary/aromatic N) is 1. The first-order valence-corrected chi connectivity index (χ1v) is 12.4. The van der Waals surface area contributed by atoms with Crippen LogP contribution in [0.2, 0.25) is 0 Å². The normalized spacial score (nSPS) is 10.2. The highest BCUT2D eigenvalue weighted by Gasteiger charge is 2.24. The van der Waals surface area contributed by atoms with Gasteiger partial charge in [-0.05, 0) is 81.0 Å². The summed E-state index contributed by atoms with van der Waals surface area (Å²) in [5, 5.41) is 19.0. The van der Waals surface area contributed by atoms with Crippen molar-refractivity contribution in [2.75, 3.05) is 21.3 Å². The van der Waals surface area contributed by atoms with Crippen LogP contribution < -0.4 is 14.2 Å². The summed E-state index contributed by atoms with van der Waals surface area (Å²) in [4.78, 5) is 27.3. The molecule has 3 aromatic rings. The van der Waals surface area contributed by atoms with Crippen LogP contribution in [-0.4, -0.2) is 48.5 Å². The minimum atomic E-state index is -1.14. The average molecular weight is 574 g/mol. The second-order valence-corrected chi connectivity index (χ2v) is 9.09. The van der Waals surface area contributed by atoms with Crippen LogP contribution in [0.1, 0.15) is 56.1 Å². The van der Waals surface area contributed by atoms with Crippen molar-refractivity contribution < 1.29 is 34.0 Å². The van der Waals surface area contributed by atoms with Gasteiger partial charge in [-0.1, -0.05) is 28.1 Å². The molecule has 0 bridgehead atoms. The predicted octanol–water partition coefficient (Wildman–Crippen LogP) is 6.14.